The molecule has 1 amide bonds. The number of aliphatic hydroxyl groups excluding tert-OH is 1. The van der Waals surface area contributed by atoms with Gasteiger partial charge in [0.05, 0.1) is 36.1 Å². The number of fused-ring (bicyclic) bond motifs is 1. The smallest absolute Gasteiger partial charge is 0.301 e. The van der Waals surface area contributed by atoms with E-state index in [1.165, 1.54) is 37.3 Å². The van der Waals surface area contributed by atoms with Gasteiger partial charge in [-0.05, 0) is 60.2 Å². The number of anilines is 1. The third kappa shape index (κ3) is 3.89. The molecule has 1 aromatic heterocycles. The Balaban J connectivity index is 1.70. The maximum Gasteiger partial charge on any atom is 0.301 e. The molecule has 176 valence electrons. The van der Waals surface area contributed by atoms with Gasteiger partial charge in [-0.1, -0.05) is 23.5 Å². The fourth-order valence-electron chi connectivity index (χ4n) is 4.03. The number of nitrogens with zero attached hydrogens (tertiary/aromatic N) is 2. The van der Waals surface area contributed by atoms with Gasteiger partial charge in [0.2, 0.25) is 0 Å². The fourth-order valence-corrected chi connectivity index (χ4v) is 5.04. The largest absolute Gasteiger partial charge is 0.507 e. The summed E-state index contributed by atoms with van der Waals surface area (Å²) in [5.41, 5.74) is 1.35. The van der Waals surface area contributed by atoms with Crippen LogP contribution in [0.3, 0.4) is 0 Å². The van der Waals surface area contributed by atoms with E-state index in [2.05, 4.69) is 4.98 Å². The Hall–Kier alpha value is -4.24. The zero-order valence-electron chi connectivity index (χ0n) is 18.7. The molecule has 1 atom stereocenters. The Morgan fingerprint density at radius 3 is 2.23 bits per heavy atom. The van der Waals surface area contributed by atoms with Crippen molar-refractivity contribution in [2.24, 2.45) is 0 Å². The minimum atomic E-state index is -0.951. The number of Topliss-reactive ketones (excluding diaryl/α,β-unsaturated/α-hetero) is 1. The van der Waals surface area contributed by atoms with Gasteiger partial charge in [0.25, 0.3) is 5.78 Å². The molecule has 1 saturated heterocycles. The van der Waals surface area contributed by atoms with E-state index >= 15 is 0 Å². The maximum absolute atomic E-state index is 13.8. The van der Waals surface area contributed by atoms with Gasteiger partial charge in [-0.2, -0.15) is 0 Å². The second-order valence-corrected chi connectivity index (χ2v) is 8.79. The topological polar surface area (TPSA) is 89.0 Å². The van der Waals surface area contributed by atoms with Gasteiger partial charge in [-0.3, -0.25) is 14.5 Å². The van der Waals surface area contributed by atoms with E-state index in [1.807, 2.05) is 0 Å². The van der Waals surface area contributed by atoms with Crippen molar-refractivity contribution in [3.63, 3.8) is 0 Å². The number of ether oxygens (including phenoxy) is 2. The van der Waals surface area contributed by atoms with Crippen LogP contribution in [0, 0.1) is 5.82 Å². The second-order valence-electron chi connectivity index (χ2n) is 7.78. The average molecular weight is 491 g/mol. The molecule has 0 radical (unpaired) electrons. The zero-order chi connectivity index (χ0) is 24.7. The summed E-state index contributed by atoms with van der Waals surface area (Å²) in [6, 6.07) is 16.5. The lowest BCUT2D eigenvalue weighted by Crippen LogP contribution is -2.29. The van der Waals surface area contributed by atoms with Crippen LogP contribution in [0.15, 0.2) is 72.3 Å². The van der Waals surface area contributed by atoms with Gasteiger partial charge in [0, 0.05) is 5.56 Å². The van der Waals surface area contributed by atoms with Crippen molar-refractivity contribution in [1.82, 2.24) is 4.98 Å². The van der Waals surface area contributed by atoms with E-state index in [4.69, 9.17) is 9.47 Å². The Bertz CT molecular complexity index is 1480. The average Bonchev–Trinajstić information content (AvgIpc) is 3.41. The number of halogens is 1. The molecule has 3 aromatic carbocycles. The number of hydrogen-bond acceptors (Lipinski definition) is 7. The molecule has 9 heteroatoms. The predicted molar refractivity (Wildman–Crippen MR) is 130 cm³/mol. The number of benzene rings is 3. The lowest BCUT2D eigenvalue weighted by Gasteiger charge is -2.23. The number of carbonyl (C=O) groups is 2. The highest BCUT2D eigenvalue weighted by atomic mass is 32.1. The molecule has 1 fully saturated rings. The lowest BCUT2D eigenvalue weighted by molar-refractivity contribution is -0.132. The summed E-state index contributed by atoms with van der Waals surface area (Å²) in [6.45, 7) is 0. The first kappa shape index (κ1) is 22.5. The van der Waals surface area contributed by atoms with Crippen molar-refractivity contribution in [2.45, 2.75) is 6.04 Å². The number of ketones is 1. The molecular formula is C26H19FN2O5S. The van der Waals surface area contributed by atoms with Crippen LogP contribution < -0.4 is 14.4 Å². The van der Waals surface area contributed by atoms with E-state index < -0.39 is 23.5 Å². The van der Waals surface area contributed by atoms with Crippen LogP contribution in [-0.2, 0) is 9.59 Å². The molecule has 5 rings (SSSR count). The Morgan fingerprint density at radius 1 is 0.971 bits per heavy atom. The number of carbonyl (C=O) groups excluding carboxylic acids is 2. The number of aliphatic hydroxyl groups is 1. The van der Waals surface area contributed by atoms with Gasteiger partial charge in [0.15, 0.2) is 5.13 Å². The van der Waals surface area contributed by atoms with Crippen molar-refractivity contribution in [2.75, 3.05) is 19.1 Å². The van der Waals surface area contributed by atoms with Crippen molar-refractivity contribution in [3.8, 4) is 11.5 Å². The molecular weight excluding hydrogens is 471 g/mol. The molecule has 4 aromatic rings. The summed E-state index contributed by atoms with van der Waals surface area (Å²) in [5.74, 6) is -1.25. The molecule has 0 saturated carbocycles. The third-order valence-corrected chi connectivity index (χ3v) is 6.80. The highest BCUT2D eigenvalue weighted by molar-refractivity contribution is 7.22. The van der Waals surface area contributed by atoms with Crippen molar-refractivity contribution < 1.29 is 28.6 Å². The molecule has 0 aliphatic carbocycles. The number of thiazole rings is 1. The second kappa shape index (κ2) is 8.84. The van der Waals surface area contributed by atoms with Gasteiger partial charge >= 0.3 is 5.91 Å². The SMILES string of the molecule is COc1ccc(/C(O)=C2\C(=O)C(=O)N(c3nc4ccc(F)cc4s3)[C@H]2c2ccc(OC)cc2)cc1. The number of methoxy groups -OCH3 is 2. The van der Waals surface area contributed by atoms with Crippen LogP contribution in [0.5, 0.6) is 11.5 Å². The fraction of sp³-hybridized carbons (Fsp3) is 0.115. The van der Waals surface area contributed by atoms with Gasteiger partial charge in [0.1, 0.15) is 23.1 Å². The highest BCUT2D eigenvalue weighted by Crippen LogP contribution is 2.44. The Morgan fingerprint density at radius 2 is 1.60 bits per heavy atom. The third-order valence-electron chi connectivity index (χ3n) is 5.78. The summed E-state index contributed by atoms with van der Waals surface area (Å²) < 4.78 is 24.7. The van der Waals surface area contributed by atoms with Gasteiger partial charge in [-0.15, -0.1) is 0 Å². The number of rotatable bonds is 5. The first-order valence-electron chi connectivity index (χ1n) is 10.6. The van der Waals surface area contributed by atoms with Crippen LogP contribution in [-0.4, -0.2) is 36.0 Å². The molecule has 1 N–H and O–H groups in total. The number of amides is 1. The van der Waals surface area contributed by atoms with E-state index in [9.17, 15) is 19.1 Å². The Kier molecular flexibility index (Phi) is 5.70. The molecule has 7 nitrogen and oxygen atoms in total. The molecule has 0 spiro atoms. The summed E-state index contributed by atoms with van der Waals surface area (Å²) in [4.78, 5) is 32.3. The quantitative estimate of drug-likeness (QED) is 0.239. The van der Waals surface area contributed by atoms with Crippen LogP contribution in [0.25, 0.3) is 16.0 Å². The first-order chi connectivity index (χ1) is 16.9. The maximum atomic E-state index is 13.8. The van der Waals surface area contributed by atoms with E-state index in [1.54, 1.807) is 48.5 Å². The predicted octanol–water partition coefficient (Wildman–Crippen LogP) is 5.08. The van der Waals surface area contributed by atoms with Crippen LogP contribution in [0.2, 0.25) is 0 Å². The summed E-state index contributed by atoms with van der Waals surface area (Å²) in [6.07, 6.45) is 0. The van der Waals surface area contributed by atoms with E-state index in [0.717, 1.165) is 11.3 Å². The first-order valence-corrected chi connectivity index (χ1v) is 11.4. The van der Waals surface area contributed by atoms with Crippen LogP contribution >= 0.6 is 11.3 Å². The number of aromatic nitrogens is 1. The monoisotopic (exact) mass is 490 g/mol. The van der Waals surface area contributed by atoms with E-state index in [-0.39, 0.29) is 16.5 Å². The molecule has 35 heavy (non-hydrogen) atoms. The van der Waals surface area contributed by atoms with Crippen LogP contribution in [0.4, 0.5) is 9.52 Å². The summed E-state index contributed by atoms with van der Waals surface area (Å²) in [7, 11) is 3.05. The van der Waals surface area contributed by atoms with E-state index in [0.29, 0.717) is 32.8 Å². The molecule has 0 bridgehead atoms. The molecule has 0 unspecified atom stereocenters. The van der Waals surface area contributed by atoms with Crippen LogP contribution in [0.1, 0.15) is 17.2 Å². The summed E-state index contributed by atoms with van der Waals surface area (Å²) >= 11 is 1.09. The van der Waals surface area contributed by atoms with Crippen molar-refractivity contribution >= 4 is 44.1 Å². The summed E-state index contributed by atoms with van der Waals surface area (Å²) in [5, 5.41) is 11.4. The number of hydrogen-bond donors (Lipinski definition) is 1. The Labute approximate surface area is 203 Å². The zero-order valence-corrected chi connectivity index (χ0v) is 19.5. The van der Waals surface area contributed by atoms with Crippen molar-refractivity contribution in [1.29, 1.82) is 0 Å². The normalized spacial score (nSPS) is 17.2. The van der Waals surface area contributed by atoms with Crippen molar-refractivity contribution in [3.05, 3.63) is 89.2 Å². The molecule has 1 aliphatic heterocycles. The minimum absolute atomic E-state index is 0.0734. The standard InChI is InChI=1S/C26H19FN2O5S/c1-33-17-8-3-14(4-9-17)22-21(23(30)15-5-10-18(34-2)11-6-15)24(31)25(32)29(22)26-28-19-12-7-16(27)13-20(19)35-26/h3-13,22,30H,1-2H3/b23-21+/t22-/m0/s1. The molecule has 2 heterocycles. The minimum Gasteiger partial charge on any atom is -0.507 e. The molecule has 1 aliphatic rings. The lowest BCUT2D eigenvalue weighted by atomic mass is 9.95. The van der Waals surface area contributed by atoms with Gasteiger partial charge < -0.3 is 14.6 Å². The van der Waals surface area contributed by atoms with Gasteiger partial charge in [-0.25, -0.2) is 9.37 Å². The highest BCUT2D eigenvalue weighted by Gasteiger charge is 2.48.